The molecule has 172 valence electrons. The van der Waals surface area contributed by atoms with Crippen LogP contribution in [0.25, 0.3) is 16.4 Å². The van der Waals surface area contributed by atoms with E-state index in [4.69, 9.17) is 14.5 Å². The second-order valence-electron chi connectivity index (χ2n) is 8.02. The van der Waals surface area contributed by atoms with E-state index in [2.05, 4.69) is 32.7 Å². The number of rotatable bonds is 9. The van der Waals surface area contributed by atoms with Crippen LogP contribution < -0.4 is 14.8 Å². The molecule has 0 aliphatic carbocycles. The summed E-state index contributed by atoms with van der Waals surface area (Å²) < 4.78 is 13.0. The summed E-state index contributed by atoms with van der Waals surface area (Å²) in [6.45, 7) is 3.75. The monoisotopic (exact) mass is 454 g/mol. The molecule has 8 nitrogen and oxygen atoms in total. The summed E-state index contributed by atoms with van der Waals surface area (Å²) in [6.07, 6.45) is 0.941. The van der Waals surface area contributed by atoms with E-state index in [0.29, 0.717) is 24.9 Å². The van der Waals surface area contributed by atoms with Gasteiger partial charge in [-0.2, -0.15) is 4.52 Å². The van der Waals surface area contributed by atoms with Crippen molar-refractivity contribution in [3.63, 3.8) is 0 Å². The summed E-state index contributed by atoms with van der Waals surface area (Å²) in [5, 5.41) is 18.3. The van der Waals surface area contributed by atoms with Crippen molar-refractivity contribution in [2.24, 2.45) is 0 Å². The molecule has 0 saturated heterocycles. The van der Waals surface area contributed by atoms with Crippen LogP contribution in [0.15, 0.2) is 66.7 Å². The molecule has 0 bridgehead atoms. The van der Waals surface area contributed by atoms with Crippen molar-refractivity contribution < 1.29 is 9.47 Å². The lowest BCUT2D eigenvalue weighted by atomic mass is 10.1. The number of nitrogens with one attached hydrogen (secondary N) is 1. The summed E-state index contributed by atoms with van der Waals surface area (Å²) in [7, 11) is 1.68. The number of aromatic nitrogens is 5. The van der Waals surface area contributed by atoms with Crippen LogP contribution in [0.2, 0.25) is 0 Å². The third kappa shape index (κ3) is 4.67. The maximum Gasteiger partial charge on any atom is 0.240 e. The number of pyridine rings is 1. The topological polar surface area (TPSA) is 86.5 Å². The normalized spacial score (nSPS) is 11.2. The van der Waals surface area contributed by atoms with Gasteiger partial charge in [-0.05, 0) is 55.8 Å². The highest BCUT2D eigenvalue weighted by atomic mass is 16.5. The number of hydrogen-bond acceptors (Lipinski definition) is 7. The van der Waals surface area contributed by atoms with E-state index in [1.165, 1.54) is 5.56 Å². The van der Waals surface area contributed by atoms with Crippen LogP contribution in [0.4, 0.5) is 0 Å². The fourth-order valence-corrected chi connectivity index (χ4v) is 3.85. The quantitative estimate of drug-likeness (QED) is 0.338. The Balaban J connectivity index is 1.22. The van der Waals surface area contributed by atoms with Gasteiger partial charge in [0.15, 0.2) is 11.5 Å². The second kappa shape index (κ2) is 9.84. The van der Waals surface area contributed by atoms with E-state index in [0.717, 1.165) is 46.5 Å². The van der Waals surface area contributed by atoms with Crippen molar-refractivity contribution in [1.82, 2.24) is 30.1 Å². The van der Waals surface area contributed by atoms with Crippen LogP contribution in [-0.4, -0.2) is 38.4 Å². The minimum Gasteiger partial charge on any atom is -0.497 e. The maximum atomic E-state index is 6.11. The predicted octanol–water partition coefficient (Wildman–Crippen LogP) is 3.90. The molecule has 0 saturated carbocycles. The zero-order chi connectivity index (χ0) is 23.3. The molecule has 3 aromatic heterocycles. The van der Waals surface area contributed by atoms with E-state index in [1.54, 1.807) is 11.6 Å². The second-order valence-corrected chi connectivity index (χ2v) is 8.02. The summed E-state index contributed by atoms with van der Waals surface area (Å²) >= 11 is 0. The molecule has 2 aromatic carbocycles. The first kappa shape index (κ1) is 21.8. The maximum absolute atomic E-state index is 6.11. The Morgan fingerprint density at radius 1 is 0.882 bits per heavy atom. The van der Waals surface area contributed by atoms with Crippen LogP contribution in [-0.2, 0) is 19.6 Å². The molecule has 8 heteroatoms. The fraction of sp³-hybridized carbons (Fsp3) is 0.231. The summed E-state index contributed by atoms with van der Waals surface area (Å²) in [4.78, 5) is 4.74. The van der Waals surface area contributed by atoms with Crippen molar-refractivity contribution in [3.05, 3.63) is 89.5 Å². The zero-order valence-electron chi connectivity index (χ0n) is 19.2. The Bertz CT molecular complexity index is 1410. The number of benzene rings is 2. The number of nitrogens with zero attached hydrogens (tertiary/aromatic N) is 5. The molecule has 34 heavy (non-hydrogen) atoms. The van der Waals surface area contributed by atoms with Crippen LogP contribution in [0.1, 0.15) is 22.8 Å². The van der Waals surface area contributed by atoms with Crippen LogP contribution >= 0.6 is 0 Å². The average Bonchev–Trinajstić information content (AvgIpc) is 3.26. The van der Waals surface area contributed by atoms with Gasteiger partial charge in [0.05, 0.1) is 18.5 Å². The SMILES string of the molecule is COc1ccc(CCNCc2cccc(COc3nn4c(C)nnc4c4ccccc34)n2)cc1. The lowest BCUT2D eigenvalue weighted by Gasteiger charge is -2.10. The van der Waals surface area contributed by atoms with Crippen molar-refractivity contribution in [3.8, 4) is 11.6 Å². The molecule has 0 atom stereocenters. The Kier molecular flexibility index (Phi) is 6.31. The molecule has 0 spiro atoms. The van der Waals surface area contributed by atoms with Crippen molar-refractivity contribution in [2.45, 2.75) is 26.5 Å². The largest absolute Gasteiger partial charge is 0.497 e. The molecule has 5 aromatic rings. The Labute approximate surface area is 197 Å². The van der Waals surface area contributed by atoms with Gasteiger partial charge in [0.1, 0.15) is 12.4 Å². The first-order valence-corrected chi connectivity index (χ1v) is 11.2. The highest BCUT2D eigenvalue weighted by molar-refractivity contribution is 5.96. The van der Waals surface area contributed by atoms with Crippen molar-refractivity contribution >= 4 is 16.4 Å². The van der Waals surface area contributed by atoms with Gasteiger partial charge >= 0.3 is 0 Å². The van der Waals surface area contributed by atoms with Gasteiger partial charge in [0, 0.05) is 17.3 Å². The first-order valence-electron chi connectivity index (χ1n) is 11.2. The van der Waals surface area contributed by atoms with Gasteiger partial charge in [-0.1, -0.05) is 36.4 Å². The summed E-state index contributed by atoms with van der Waals surface area (Å²) in [6, 6.07) is 22.1. The Morgan fingerprint density at radius 2 is 1.68 bits per heavy atom. The molecule has 0 radical (unpaired) electrons. The number of aryl methyl sites for hydroxylation is 1. The van der Waals surface area contributed by atoms with E-state index in [9.17, 15) is 0 Å². The number of ether oxygens (including phenoxy) is 2. The molecular weight excluding hydrogens is 428 g/mol. The van der Waals surface area contributed by atoms with Gasteiger partial charge in [0.25, 0.3) is 0 Å². The van der Waals surface area contributed by atoms with E-state index in [1.807, 2.05) is 61.5 Å². The molecule has 0 unspecified atom stereocenters. The summed E-state index contributed by atoms with van der Waals surface area (Å²) in [5.41, 5.74) is 3.81. The Hall–Kier alpha value is -4.04. The minimum absolute atomic E-state index is 0.323. The molecular formula is C26H26N6O2. The average molecular weight is 455 g/mol. The van der Waals surface area contributed by atoms with Gasteiger partial charge in [-0.3, -0.25) is 4.98 Å². The van der Waals surface area contributed by atoms with E-state index < -0.39 is 0 Å². The molecule has 0 aliphatic rings. The van der Waals surface area contributed by atoms with E-state index >= 15 is 0 Å². The van der Waals surface area contributed by atoms with Gasteiger partial charge in [-0.15, -0.1) is 15.3 Å². The third-order valence-electron chi connectivity index (χ3n) is 5.66. The smallest absolute Gasteiger partial charge is 0.240 e. The van der Waals surface area contributed by atoms with Gasteiger partial charge in [-0.25, -0.2) is 0 Å². The lowest BCUT2D eigenvalue weighted by molar-refractivity contribution is 0.288. The van der Waals surface area contributed by atoms with Gasteiger partial charge < -0.3 is 14.8 Å². The molecule has 0 aliphatic heterocycles. The van der Waals surface area contributed by atoms with Gasteiger partial charge in [0.2, 0.25) is 5.88 Å². The molecule has 0 amide bonds. The highest BCUT2D eigenvalue weighted by Gasteiger charge is 2.13. The number of methoxy groups -OCH3 is 1. The van der Waals surface area contributed by atoms with E-state index in [-0.39, 0.29) is 0 Å². The van der Waals surface area contributed by atoms with Crippen LogP contribution in [0.5, 0.6) is 11.6 Å². The number of fused-ring (bicyclic) bond motifs is 3. The molecule has 1 N–H and O–H groups in total. The van der Waals surface area contributed by atoms with Crippen molar-refractivity contribution in [1.29, 1.82) is 0 Å². The first-order chi connectivity index (χ1) is 16.7. The predicted molar refractivity (Wildman–Crippen MR) is 130 cm³/mol. The minimum atomic E-state index is 0.323. The number of hydrogen-bond donors (Lipinski definition) is 1. The Morgan fingerprint density at radius 3 is 2.50 bits per heavy atom. The van der Waals surface area contributed by atoms with Crippen molar-refractivity contribution in [2.75, 3.05) is 13.7 Å². The summed E-state index contributed by atoms with van der Waals surface area (Å²) in [5.74, 6) is 2.13. The third-order valence-corrected chi connectivity index (χ3v) is 5.66. The molecule has 3 heterocycles. The molecule has 0 fully saturated rings. The van der Waals surface area contributed by atoms with Crippen LogP contribution in [0.3, 0.4) is 0 Å². The molecule has 5 rings (SSSR count). The van der Waals surface area contributed by atoms with Crippen LogP contribution in [0, 0.1) is 6.92 Å². The lowest BCUT2D eigenvalue weighted by Crippen LogP contribution is -2.18. The zero-order valence-corrected chi connectivity index (χ0v) is 19.2. The highest BCUT2D eigenvalue weighted by Crippen LogP contribution is 2.26. The fourth-order valence-electron chi connectivity index (χ4n) is 3.85. The standard InChI is InChI=1S/C26H26N6O2/c1-18-29-30-25-23-8-3-4-9-24(23)26(31-32(18)25)34-17-21-7-5-6-20(28-21)16-27-15-14-19-10-12-22(33-2)13-11-19/h3-13,27H,14-17H2,1-2H3.